The molecule has 1 aliphatic rings. The predicted octanol–water partition coefficient (Wildman–Crippen LogP) is 2.59. The molecule has 154 valence electrons. The summed E-state index contributed by atoms with van der Waals surface area (Å²) in [5.74, 6) is 0.153. The zero-order valence-electron chi connectivity index (χ0n) is 17.9. The third-order valence-corrected chi connectivity index (χ3v) is 10.5. The Morgan fingerprint density at radius 3 is 2.48 bits per heavy atom. The molecular weight excluding hydrogens is 362 g/mol. The fourth-order valence-corrected chi connectivity index (χ4v) is 4.62. The van der Waals surface area contributed by atoms with Crippen LogP contribution in [0.15, 0.2) is 15.8 Å². The van der Waals surface area contributed by atoms with E-state index in [1.807, 2.05) is 0 Å². The lowest BCUT2D eigenvalue weighted by molar-refractivity contribution is -0.0372. The summed E-state index contributed by atoms with van der Waals surface area (Å²) >= 11 is 0. The van der Waals surface area contributed by atoms with Gasteiger partial charge >= 0.3 is 5.69 Å². The van der Waals surface area contributed by atoms with E-state index in [9.17, 15) is 9.59 Å². The van der Waals surface area contributed by atoms with Crippen molar-refractivity contribution < 1.29 is 9.16 Å². The summed E-state index contributed by atoms with van der Waals surface area (Å²) < 4.78 is 14.5. The summed E-state index contributed by atoms with van der Waals surface area (Å²) in [5, 5.41) is 3.01. The second kappa shape index (κ2) is 8.03. The van der Waals surface area contributed by atoms with Crippen molar-refractivity contribution >= 4 is 8.32 Å². The number of aromatic nitrogens is 2. The maximum absolute atomic E-state index is 12.6. The molecule has 1 aliphatic heterocycles. The Balaban J connectivity index is 2.48. The van der Waals surface area contributed by atoms with Gasteiger partial charge in [-0.1, -0.05) is 34.6 Å². The molecule has 7 nitrogen and oxygen atoms in total. The third kappa shape index (κ3) is 4.44. The number of H-pyrrole nitrogens is 1. The first kappa shape index (κ1) is 22.1. The minimum absolute atomic E-state index is 0.0105. The number of nitrogens with zero attached hydrogens (tertiary/aromatic N) is 1. The molecule has 4 atom stereocenters. The average molecular weight is 398 g/mol. The van der Waals surface area contributed by atoms with Crippen LogP contribution in [0.5, 0.6) is 0 Å². The van der Waals surface area contributed by atoms with E-state index >= 15 is 0 Å². The Morgan fingerprint density at radius 1 is 1.33 bits per heavy atom. The lowest BCUT2D eigenvalue weighted by atomic mass is 9.99. The largest absolute Gasteiger partial charge is 0.409 e. The molecule has 2 rings (SSSR count). The Morgan fingerprint density at radius 2 is 1.96 bits per heavy atom. The average Bonchev–Trinajstić information content (AvgIpc) is 2.85. The van der Waals surface area contributed by atoms with Gasteiger partial charge in [-0.15, -0.1) is 0 Å². The van der Waals surface area contributed by atoms with E-state index in [0.29, 0.717) is 12.1 Å². The van der Waals surface area contributed by atoms with Crippen molar-refractivity contribution in [2.45, 2.75) is 84.2 Å². The van der Waals surface area contributed by atoms with Crippen LogP contribution in [-0.2, 0) is 15.7 Å². The van der Waals surface area contributed by atoms with Crippen LogP contribution in [0, 0.1) is 5.92 Å². The van der Waals surface area contributed by atoms with Crippen LogP contribution in [0.4, 0.5) is 0 Å². The van der Waals surface area contributed by atoms with Gasteiger partial charge in [-0.2, -0.15) is 0 Å². The molecule has 1 unspecified atom stereocenters. The molecule has 0 spiro atoms. The summed E-state index contributed by atoms with van der Waals surface area (Å²) in [4.78, 5) is 27.0. The molecule has 8 heteroatoms. The minimum Gasteiger partial charge on any atom is -0.409 e. The highest BCUT2D eigenvalue weighted by Gasteiger charge is 2.48. The van der Waals surface area contributed by atoms with Gasteiger partial charge in [-0.05, 0) is 31.6 Å². The van der Waals surface area contributed by atoms with Crippen LogP contribution >= 0.6 is 0 Å². The second-order valence-electron chi connectivity index (χ2n) is 9.03. The SMILES string of the molecule is CC[C@H]1O[C@@H](n2cc(CNC)c(=O)[nH]c2=O)[C@@H](O[Si](C)(C)C(C)(C)C)C1C. The van der Waals surface area contributed by atoms with Crippen molar-refractivity contribution in [3.63, 3.8) is 0 Å². The normalized spacial score (nSPS) is 26.5. The van der Waals surface area contributed by atoms with Crippen LogP contribution in [0.2, 0.25) is 18.1 Å². The van der Waals surface area contributed by atoms with Gasteiger partial charge in [0.2, 0.25) is 0 Å². The summed E-state index contributed by atoms with van der Waals surface area (Å²) in [6.45, 7) is 15.6. The summed E-state index contributed by atoms with van der Waals surface area (Å²) in [6.07, 6.45) is 1.68. The number of nitrogens with one attached hydrogen (secondary N) is 2. The third-order valence-electron chi connectivity index (χ3n) is 6.02. The summed E-state index contributed by atoms with van der Waals surface area (Å²) in [6, 6.07) is 0. The van der Waals surface area contributed by atoms with Crippen LogP contribution in [0.25, 0.3) is 0 Å². The van der Waals surface area contributed by atoms with Crippen molar-refractivity contribution in [1.82, 2.24) is 14.9 Å². The number of rotatable bonds is 6. The molecule has 1 saturated heterocycles. The molecule has 1 aromatic heterocycles. The monoisotopic (exact) mass is 397 g/mol. The molecule has 1 aromatic rings. The topological polar surface area (TPSA) is 85.4 Å². The van der Waals surface area contributed by atoms with Crippen molar-refractivity contribution in [3.8, 4) is 0 Å². The van der Waals surface area contributed by atoms with E-state index in [1.54, 1.807) is 13.2 Å². The van der Waals surface area contributed by atoms with Crippen LogP contribution in [-0.4, -0.2) is 37.1 Å². The first-order valence-electron chi connectivity index (χ1n) is 9.75. The first-order chi connectivity index (χ1) is 12.4. The maximum Gasteiger partial charge on any atom is 0.330 e. The molecule has 1 fully saturated rings. The van der Waals surface area contributed by atoms with Crippen molar-refractivity contribution in [1.29, 1.82) is 0 Å². The zero-order chi connectivity index (χ0) is 20.6. The van der Waals surface area contributed by atoms with Crippen molar-refractivity contribution in [2.75, 3.05) is 7.05 Å². The maximum atomic E-state index is 12.6. The predicted molar refractivity (Wildman–Crippen MR) is 110 cm³/mol. The highest BCUT2D eigenvalue weighted by atomic mass is 28.4. The molecule has 0 saturated carbocycles. The Bertz CT molecular complexity index is 765. The fraction of sp³-hybridized carbons (Fsp3) is 0.789. The second-order valence-corrected chi connectivity index (χ2v) is 13.8. The number of aromatic amines is 1. The molecular formula is C19H35N3O4Si. The fourth-order valence-electron chi connectivity index (χ4n) is 3.26. The van der Waals surface area contributed by atoms with E-state index in [-0.39, 0.29) is 28.7 Å². The van der Waals surface area contributed by atoms with Crippen LogP contribution in [0.3, 0.4) is 0 Å². The molecule has 2 N–H and O–H groups in total. The van der Waals surface area contributed by atoms with Gasteiger partial charge in [-0.3, -0.25) is 14.3 Å². The van der Waals surface area contributed by atoms with E-state index in [1.165, 1.54) is 4.57 Å². The number of hydrogen-bond acceptors (Lipinski definition) is 5. The van der Waals surface area contributed by atoms with Gasteiger partial charge in [0.05, 0.1) is 12.2 Å². The Hall–Kier alpha value is -1.22. The quantitative estimate of drug-likeness (QED) is 0.721. The lowest BCUT2D eigenvalue weighted by Gasteiger charge is -2.40. The molecule has 0 aliphatic carbocycles. The standard InChI is InChI=1S/C19H35N3O4Si/c1-9-14-12(2)15(26-27(7,8)19(3,4)5)17(25-14)22-11-13(10-20-6)16(23)21-18(22)24/h11-12,14-15,17,20H,9-10H2,1-8H3,(H,21,23,24)/t12?,14-,15+,17-/m1/s1. The highest BCUT2D eigenvalue weighted by molar-refractivity contribution is 6.74. The Labute approximate surface area is 162 Å². The zero-order valence-corrected chi connectivity index (χ0v) is 18.9. The first-order valence-corrected chi connectivity index (χ1v) is 12.7. The van der Waals surface area contributed by atoms with Crippen LogP contribution < -0.4 is 16.6 Å². The molecule has 0 radical (unpaired) electrons. The minimum atomic E-state index is -2.07. The summed E-state index contributed by atoms with van der Waals surface area (Å²) in [5.41, 5.74) is -0.331. The van der Waals surface area contributed by atoms with E-state index in [0.717, 1.165) is 6.42 Å². The highest BCUT2D eigenvalue weighted by Crippen LogP contribution is 2.43. The van der Waals surface area contributed by atoms with Gasteiger partial charge in [-0.25, -0.2) is 4.79 Å². The number of hydrogen-bond donors (Lipinski definition) is 2. The van der Waals surface area contributed by atoms with Gasteiger partial charge in [0.25, 0.3) is 5.56 Å². The molecule has 27 heavy (non-hydrogen) atoms. The molecule has 0 amide bonds. The van der Waals surface area contributed by atoms with E-state index in [2.05, 4.69) is 58.0 Å². The van der Waals surface area contributed by atoms with E-state index in [4.69, 9.17) is 9.16 Å². The molecule has 0 bridgehead atoms. The van der Waals surface area contributed by atoms with Crippen molar-refractivity contribution in [3.05, 3.63) is 32.6 Å². The van der Waals surface area contributed by atoms with Gasteiger partial charge in [0, 0.05) is 24.2 Å². The Kier molecular flexibility index (Phi) is 6.56. The molecule has 0 aromatic carbocycles. The van der Waals surface area contributed by atoms with Crippen LogP contribution in [0.1, 0.15) is 52.8 Å². The van der Waals surface area contributed by atoms with E-state index < -0.39 is 20.2 Å². The van der Waals surface area contributed by atoms with Gasteiger partial charge < -0.3 is 14.5 Å². The number of ether oxygens (including phenoxy) is 1. The van der Waals surface area contributed by atoms with Gasteiger partial charge in [0.1, 0.15) is 0 Å². The summed E-state index contributed by atoms with van der Waals surface area (Å²) in [7, 11) is -0.302. The lowest BCUT2D eigenvalue weighted by Crippen LogP contribution is -2.48. The van der Waals surface area contributed by atoms with Gasteiger partial charge in [0.15, 0.2) is 14.5 Å². The smallest absolute Gasteiger partial charge is 0.330 e. The van der Waals surface area contributed by atoms with Crippen molar-refractivity contribution in [2.24, 2.45) is 5.92 Å². The molecule has 2 heterocycles.